The fourth-order valence-corrected chi connectivity index (χ4v) is 8.20. The van der Waals surface area contributed by atoms with Crippen LogP contribution in [-0.4, -0.2) is 45.6 Å². The van der Waals surface area contributed by atoms with Crippen LogP contribution >= 0.6 is 46.3 Å². The number of hydrogen-bond donors (Lipinski definition) is 1. The number of thioether (sulfide) groups is 1. The predicted octanol–water partition coefficient (Wildman–Crippen LogP) is 6.17. The Labute approximate surface area is 219 Å². The third-order valence-electron chi connectivity index (χ3n) is 5.24. The molecule has 1 atom stereocenters. The van der Waals surface area contributed by atoms with E-state index in [-0.39, 0.29) is 23.4 Å². The first kappa shape index (κ1) is 27.3. The molecule has 2 aromatic carbocycles. The molecule has 0 radical (unpaired) electrons. The number of halogens is 2. The normalized spacial score (nSPS) is 12.7. The quantitative estimate of drug-likeness (QED) is 0.172. The third kappa shape index (κ3) is 7.12. The molecule has 34 heavy (non-hydrogen) atoms. The average Bonchev–Trinajstić information content (AvgIpc) is 3.12. The highest BCUT2D eigenvalue weighted by molar-refractivity contribution is 8.00. The minimum atomic E-state index is -3.36. The molecule has 0 saturated heterocycles. The number of ether oxygens (including phenoxy) is 1. The number of nitrogens with one attached hydrogen (secondary N) is 1. The van der Waals surface area contributed by atoms with Gasteiger partial charge in [0.1, 0.15) is 4.21 Å². The van der Waals surface area contributed by atoms with Gasteiger partial charge in [-0.3, -0.25) is 4.79 Å². The van der Waals surface area contributed by atoms with E-state index in [9.17, 15) is 13.2 Å². The van der Waals surface area contributed by atoms with Crippen LogP contribution in [0.25, 0.3) is 10.1 Å². The van der Waals surface area contributed by atoms with Crippen LogP contribution in [0.15, 0.2) is 45.5 Å². The van der Waals surface area contributed by atoms with E-state index in [0.717, 1.165) is 26.1 Å². The van der Waals surface area contributed by atoms with Crippen molar-refractivity contribution in [2.45, 2.75) is 41.0 Å². The van der Waals surface area contributed by atoms with E-state index in [4.69, 9.17) is 23.2 Å². The molecular weight excluding hydrogens is 533 g/mol. The molecule has 1 N–H and O–H groups in total. The van der Waals surface area contributed by atoms with Crippen molar-refractivity contribution in [2.24, 2.45) is 0 Å². The lowest BCUT2D eigenvalue weighted by Crippen LogP contribution is -2.25. The molecule has 0 amide bonds. The van der Waals surface area contributed by atoms with Gasteiger partial charge in [0.05, 0.1) is 24.3 Å². The molecule has 0 spiro atoms. The van der Waals surface area contributed by atoms with E-state index in [1.54, 1.807) is 23.9 Å². The Morgan fingerprint density at radius 2 is 1.97 bits per heavy atom. The number of thiophene rings is 1. The Hall–Kier alpha value is -1.29. The summed E-state index contributed by atoms with van der Waals surface area (Å²) in [5.74, 6) is -0.209. The van der Waals surface area contributed by atoms with E-state index in [0.29, 0.717) is 33.8 Å². The Bertz CT molecular complexity index is 1270. The minimum Gasteiger partial charge on any atom is -0.469 e. The number of sulfone groups is 1. The molecule has 0 aliphatic carbocycles. The number of hydrogen-bond acceptors (Lipinski definition) is 7. The standard InChI is InChI=1S/C24H27Cl2NO4S3/c1-15(32-22-7-5-17(11-20(22)26)12-23(28)31-3)14-27-9-4-10-34(29,30)24-16(2)19-13-18(25)6-8-21(19)33-24/h5-8,11,13,15,27H,4,9-10,12,14H2,1-3H3/t15-/m1/s1. The van der Waals surface area contributed by atoms with Crippen molar-refractivity contribution in [1.29, 1.82) is 0 Å². The van der Waals surface area contributed by atoms with Crippen molar-refractivity contribution in [3.63, 3.8) is 0 Å². The number of methoxy groups -OCH3 is 1. The Balaban J connectivity index is 1.46. The summed E-state index contributed by atoms with van der Waals surface area (Å²) in [7, 11) is -1.99. The van der Waals surface area contributed by atoms with Crippen LogP contribution in [0.3, 0.4) is 0 Å². The van der Waals surface area contributed by atoms with Gasteiger partial charge in [0.15, 0.2) is 9.84 Å². The number of aryl methyl sites for hydroxylation is 1. The molecule has 3 aromatic rings. The summed E-state index contributed by atoms with van der Waals surface area (Å²) in [5.41, 5.74) is 1.58. The number of esters is 1. The second kappa shape index (κ2) is 12.1. The van der Waals surface area contributed by atoms with Crippen LogP contribution in [0, 0.1) is 6.92 Å². The van der Waals surface area contributed by atoms with Gasteiger partial charge in [0.2, 0.25) is 0 Å². The van der Waals surface area contributed by atoms with E-state index >= 15 is 0 Å². The fraction of sp³-hybridized carbons (Fsp3) is 0.375. The summed E-state index contributed by atoms with van der Waals surface area (Å²) in [6.45, 7) is 5.24. The number of carbonyl (C=O) groups excluding carboxylic acids is 1. The molecule has 0 unspecified atom stereocenters. The maximum atomic E-state index is 12.9. The molecule has 5 nitrogen and oxygen atoms in total. The SMILES string of the molecule is COC(=O)Cc1ccc(S[C@H](C)CNCCCS(=O)(=O)c2sc3ccc(Cl)cc3c2C)c(Cl)c1. The first-order valence-corrected chi connectivity index (χ1v) is 14.8. The summed E-state index contributed by atoms with van der Waals surface area (Å²) in [6.07, 6.45) is 0.715. The lowest BCUT2D eigenvalue weighted by atomic mass is 10.1. The monoisotopic (exact) mass is 559 g/mol. The number of rotatable bonds is 11. The number of carbonyl (C=O) groups is 1. The predicted molar refractivity (Wildman–Crippen MR) is 144 cm³/mol. The summed E-state index contributed by atoms with van der Waals surface area (Å²) in [4.78, 5) is 12.4. The maximum Gasteiger partial charge on any atom is 0.309 e. The van der Waals surface area contributed by atoms with Crippen LogP contribution in [0.2, 0.25) is 10.0 Å². The second-order valence-electron chi connectivity index (χ2n) is 7.98. The molecule has 184 valence electrons. The van der Waals surface area contributed by atoms with Crippen molar-refractivity contribution in [3.05, 3.63) is 57.6 Å². The number of fused-ring (bicyclic) bond motifs is 1. The van der Waals surface area contributed by atoms with Crippen LogP contribution in [0.1, 0.15) is 24.5 Å². The second-order valence-corrected chi connectivity index (χ2v) is 13.7. The van der Waals surface area contributed by atoms with Crippen molar-refractivity contribution in [1.82, 2.24) is 5.32 Å². The van der Waals surface area contributed by atoms with Crippen molar-refractivity contribution < 1.29 is 17.9 Å². The molecule has 0 bridgehead atoms. The van der Waals surface area contributed by atoms with Gasteiger partial charge in [0.25, 0.3) is 0 Å². The zero-order valence-electron chi connectivity index (χ0n) is 19.2. The van der Waals surface area contributed by atoms with Crippen LogP contribution < -0.4 is 5.32 Å². The van der Waals surface area contributed by atoms with Crippen LogP contribution in [0.4, 0.5) is 0 Å². The van der Waals surface area contributed by atoms with Gasteiger partial charge in [-0.15, -0.1) is 23.1 Å². The maximum absolute atomic E-state index is 12.9. The Morgan fingerprint density at radius 3 is 2.68 bits per heavy atom. The molecule has 3 rings (SSSR count). The van der Waals surface area contributed by atoms with E-state index in [1.807, 2.05) is 31.2 Å². The first-order valence-electron chi connectivity index (χ1n) is 10.7. The molecule has 1 heterocycles. The molecular formula is C24H27Cl2NO4S3. The van der Waals surface area contributed by atoms with Gasteiger partial charge < -0.3 is 10.1 Å². The van der Waals surface area contributed by atoms with E-state index in [2.05, 4.69) is 17.0 Å². The molecule has 1 aromatic heterocycles. The zero-order chi connectivity index (χ0) is 24.9. The molecule has 0 fully saturated rings. The zero-order valence-corrected chi connectivity index (χ0v) is 23.2. The topological polar surface area (TPSA) is 72.5 Å². The highest BCUT2D eigenvalue weighted by Crippen LogP contribution is 2.36. The van der Waals surface area contributed by atoms with Gasteiger partial charge >= 0.3 is 5.97 Å². The highest BCUT2D eigenvalue weighted by Gasteiger charge is 2.21. The minimum absolute atomic E-state index is 0.0937. The van der Waals surface area contributed by atoms with Crippen molar-refractivity contribution in [2.75, 3.05) is 26.0 Å². The van der Waals surface area contributed by atoms with Gasteiger partial charge in [-0.05, 0) is 66.7 Å². The Morgan fingerprint density at radius 1 is 1.21 bits per heavy atom. The van der Waals surface area contributed by atoms with Crippen molar-refractivity contribution >= 4 is 72.2 Å². The van der Waals surface area contributed by atoms with Gasteiger partial charge in [-0.25, -0.2) is 8.42 Å². The first-order chi connectivity index (χ1) is 16.1. The molecule has 0 aliphatic rings. The molecule has 0 saturated carbocycles. The number of benzene rings is 2. The lowest BCUT2D eigenvalue weighted by Gasteiger charge is -2.14. The summed E-state index contributed by atoms with van der Waals surface area (Å²) in [5, 5.41) is 5.68. The largest absolute Gasteiger partial charge is 0.469 e. The van der Waals surface area contributed by atoms with Gasteiger partial charge in [-0.1, -0.05) is 36.2 Å². The third-order valence-corrected chi connectivity index (χ3v) is 10.9. The smallest absolute Gasteiger partial charge is 0.309 e. The Kier molecular flexibility index (Phi) is 9.72. The highest BCUT2D eigenvalue weighted by atomic mass is 35.5. The van der Waals surface area contributed by atoms with E-state index < -0.39 is 9.84 Å². The van der Waals surface area contributed by atoms with Crippen LogP contribution in [-0.2, 0) is 25.8 Å². The summed E-state index contributed by atoms with van der Waals surface area (Å²) in [6, 6.07) is 11.0. The molecule has 0 aliphatic heterocycles. The van der Waals surface area contributed by atoms with E-state index in [1.165, 1.54) is 18.4 Å². The van der Waals surface area contributed by atoms with Crippen molar-refractivity contribution in [3.8, 4) is 0 Å². The molecule has 10 heteroatoms. The average molecular weight is 561 g/mol. The van der Waals surface area contributed by atoms with Crippen LogP contribution in [0.5, 0.6) is 0 Å². The van der Waals surface area contributed by atoms with Gasteiger partial charge in [0, 0.05) is 26.4 Å². The van der Waals surface area contributed by atoms with Gasteiger partial charge in [-0.2, -0.15) is 0 Å². The fourth-order valence-electron chi connectivity index (χ4n) is 3.50. The lowest BCUT2D eigenvalue weighted by molar-refractivity contribution is -0.139. The summed E-state index contributed by atoms with van der Waals surface area (Å²) >= 11 is 15.4. The summed E-state index contributed by atoms with van der Waals surface area (Å²) < 4.78 is 31.8.